The Balaban J connectivity index is 1.52. The third kappa shape index (κ3) is 4.24. The molecule has 1 aliphatic heterocycles. The molecule has 1 aromatic carbocycles. The maximum atomic E-state index is 13.0. The van der Waals surface area contributed by atoms with Crippen LogP contribution in [0.3, 0.4) is 0 Å². The van der Waals surface area contributed by atoms with Crippen molar-refractivity contribution in [2.45, 2.75) is 57.0 Å². The molecule has 3 amide bonds. The quantitative estimate of drug-likeness (QED) is 0.836. The second-order valence-electron chi connectivity index (χ2n) is 6.69. The molecule has 3 rings (SSSR count). The summed E-state index contributed by atoms with van der Waals surface area (Å²) >= 11 is 0. The molecule has 1 atom stereocenters. The molecule has 2 N–H and O–H groups in total. The van der Waals surface area contributed by atoms with Crippen molar-refractivity contribution in [2.24, 2.45) is 0 Å². The minimum absolute atomic E-state index is 0.0543. The van der Waals surface area contributed by atoms with Crippen molar-refractivity contribution >= 4 is 17.6 Å². The molecule has 0 aromatic heterocycles. The van der Waals surface area contributed by atoms with Gasteiger partial charge in [-0.3, -0.25) is 4.79 Å². The average molecular weight is 333 g/mol. The van der Waals surface area contributed by atoms with Gasteiger partial charge >= 0.3 is 6.03 Å². The number of halogens is 1. The number of benzene rings is 1. The SMILES string of the molecule is O=C(NC1CCCCCC1)N[C@H]1CC(=O)N(c2ccc(F)cc2)C1. The fourth-order valence-corrected chi connectivity index (χ4v) is 3.51. The van der Waals surface area contributed by atoms with Gasteiger partial charge in [0.25, 0.3) is 0 Å². The summed E-state index contributed by atoms with van der Waals surface area (Å²) in [6.07, 6.45) is 7.12. The van der Waals surface area contributed by atoms with Gasteiger partial charge in [-0.25, -0.2) is 9.18 Å². The van der Waals surface area contributed by atoms with Gasteiger partial charge in [0.1, 0.15) is 5.82 Å². The van der Waals surface area contributed by atoms with Crippen LogP contribution in [0.5, 0.6) is 0 Å². The zero-order chi connectivity index (χ0) is 16.9. The van der Waals surface area contributed by atoms with E-state index in [0.29, 0.717) is 12.2 Å². The Morgan fingerprint density at radius 2 is 1.62 bits per heavy atom. The summed E-state index contributed by atoms with van der Waals surface area (Å²) in [5.74, 6) is -0.385. The fraction of sp³-hybridized carbons (Fsp3) is 0.556. The first kappa shape index (κ1) is 16.7. The zero-order valence-electron chi connectivity index (χ0n) is 13.8. The zero-order valence-corrected chi connectivity index (χ0v) is 13.8. The van der Waals surface area contributed by atoms with Gasteiger partial charge in [-0.05, 0) is 37.1 Å². The summed E-state index contributed by atoms with van der Waals surface area (Å²) in [7, 11) is 0. The highest BCUT2D eigenvalue weighted by atomic mass is 19.1. The molecule has 2 fully saturated rings. The summed E-state index contributed by atoms with van der Waals surface area (Å²) in [5.41, 5.74) is 0.662. The molecule has 1 aromatic rings. The van der Waals surface area contributed by atoms with E-state index in [4.69, 9.17) is 0 Å². The largest absolute Gasteiger partial charge is 0.335 e. The number of anilines is 1. The van der Waals surface area contributed by atoms with Crippen LogP contribution in [-0.2, 0) is 4.79 Å². The van der Waals surface area contributed by atoms with Crippen LogP contribution in [-0.4, -0.2) is 30.6 Å². The number of hydrogen-bond acceptors (Lipinski definition) is 2. The van der Waals surface area contributed by atoms with E-state index in [2.05, 4.69) is 10.6 Å². The van der Waals surface area contributed by atoms with Crippen LogP contribution in [0.1, 0.15) is 44.9 Å². The lowest BCUT2D eigenvalue weighted by atomic mass is 10.1. The van der Waals surface area contributed by atoms with E-state index < -0.39 is 0 Å². The van der Waals surface area contributed by atoms with Crippen molar-refractivity contribution in [3.63, 3.8) is 0 Å². The molecule has 0 bridgehead atoms. The third-order valence-electron chi connectivity index (χ3n) is 4.79. The summed E-state index contributed by atoms with van der Waals surface area (Å²) < 4.78 is 13.0. The molecule has 1 saturated heterocycles. The number of urea groups is 1. The molecule has 1 aliphatic carbocycles. The van der Waals surface area contributed by atoms with Crippen molar-refractivity contribution in [1.29, 1.82) is 0 Å². The van der Waals surface area contributed by atoms with Crippen LogP contribution in [0.4, 0.5) is 14.9 Å². The lowest BCUT2D eigenvalue weighted by Gasteiger charge is -2.20. The predicted molar refractivity (Wildman–Crippen MR) is 90.3 cm³/mol. The minimum Gasteiger partial charge on any atom is -0.335 e. The van der Waals surface area contributed by atoms with E-state index in [9.17, 15) is 14.0 Å². The molecule has 1 saturated carbocycles. The van der Waals surface area contributed by atoms with Crippen molar-refractivity contribution in [1.82, 2.24) is 10.6 Å². The molecule has 24 heavy (non-hydrogen) atoms. The Bertz CT molecular complexity index is 582. The van der Waals surface area contributed by atoms with E-state index in [1.807, 2.05) is 0 Å². The van der Waals surface area contributed by atoms with E-state index >= 15 is 0 Å². The van der Waals surface area contributed by atoms with Gasteiger partial charge in [-0.1, -0.05) is 25.7 Å². The number of rotatable bonds is 3. The van der Waals surface area contributed by atoms with Crippen LogP contribution >= 0.6 is 0 Å². The lowest BCUT2D eigenvalue weighted by molar-refractivity contribution is -0.117. The van der Waals surface area contributed by atoms with Crippen LogP contribution in [0.2, 0.25) is 0 Å². The number of hydrogen-bond donors (Lipinski definition) is 2. The number of nitrogens with one attached hydrogen (secondary N) is 2. The predicted octanol–water partition coefficient (Wildman–Crippen LogP) is 2.95. The molecular weight excluding hydrogens is 309 g/mol. The topological polar surface area (TPSA) is 61.4 Å². The third-order valence-corrected chi connectivity index (χ3v) is 4.79. The molecule has 0 spiro atoms. The van der Waals surface area contributed by atoms with Gasteiger partial charge in [0.05, 0.1) is 6.04 Å². The Morgan fingerprint density at radius 3 is 2.29 bits per heavy atom. The highest BCUT2D eigenvalue weighted by molar-refractivity contribution is 5.96. The maximum absolute atomic E-state index is 13.0. The van der Waals surface area contributed by atoms with E-state index in [1.165, 1.54) is 25.0 Å². The van der Waals surface area contributed by atoms with Gasteiger partial charge < -0.3 is 15.5 Å². The molecule has 5 nitrogen and oxygen atoms in total. The number of amides is 3. The highest BCUT2D eigenvalue weighted by Crippen LogP contribution is 2.22. The normalized spacial score (nSPS) is 22.3. The van der Waals surface area contributed by atoms with Gasteiger partial charge in [0.2, 0.25) is 5.91 Å². The number of nitrogens with zero attached hydrogens (tertiary/aromatic N) is 1. The smallest absolute Gasteiger partial charge is 0.315 e. The van der Waals surface area contributed by atoms with Crippen LogP contribution in [0, 0.1) is 5.82 Å². The summed E-state index contributed by atoms with van der Waals surface area (Å²) in [5, 5.41) is 5.93. The summed E-state index contributed by atoms with van der Waals surface area (Å²) in [6.45, 7) is 0.419. The standard InChI is InChI=1S/C18H24FN3O2/c19-13-7-9-16(10-8-13)22-12-15(11-17(22)23)21-18(24)20-14-5-3-1-2-4-6-14/h7-10,14-15H,1-6,11-12H2,(H2,20,21,24)/t15-/m0/s1. The lowest BCUT2D eigenvalue weighted by Crippen LogP contribution is -2.47. The molecule has 130 valence electrons. The highest BCUT2D eigenvalue weighted by Gasteiger charge is 2.31. The van der Waals surface area contributed by atoms with Gasteiger partial charge in [0, 0.05) is 24.7 Å². The van der Waals surface area contributed by atoms with Crippen molar-refractivity contribution in [3.8, 4) is 0 Å². The first-order valence-corrected chi connectivity index (χ1v) is 8.75. The fourth-order valence-electron chi connectivity index (χ4n) is 3.51. The molecular formula is C18H24FN3O2. The maximum Gasteiger partial charge on any atom is 0.315 e. The number of carbonyl (C=O) groups is 2. The van der Waals surface area contributed by atoms with Gasteiger partial charge in [-0.15, -0.1) is 0 Å². The van der Waals surface area contributed by atoms with Crippen molar-refractivity contribution in [3.05, 3.63) is 30.1 Å². The minimum atomic E-state index is -0.331. The molecule has 2 aliphatic rings. The Labute approximate surface area is 141 Å². The monoisotopic (exact) mass is 333 g/mol. The first-order chi connectivity index (χ1) is 11.6. The molecule has 0 radical (unpaired) electrons. The first-order valence-electron chi connectivity index (χ1n) is 8.75. The van der Waals surface area contributed by atoms with Gasteiger partial charge in [-0.2, -0.15) is 0 Å². The molecule has 0 unspecified atom stereocenters. The van der Waals surface area contributed by atoms with Crippen molar-refractivity contribution < 1.29 is 14.0 Å². The average Bonchev–Trinajstić information content (AvgIpc) is 2.74. The summed E-state index contributed by atoms with van der Waals surface area (Å²) in [6, 6.07) is 5.67. The molecule has 6 heteroatoms. The summed E-state index contributed by atoms with van der Waals surface area (Å²) in [4.78, 5) is 25.9. The second kappa shape index (κ2) is 7.64. The van der Waals surface area contributed by atoms with E-state index in [1.54, 1.807) is 17.0 Å². The van der Waals surface area contributed by atoms with E-state index in [-0.39, 0.29) is 36.3 Å². The Morgan fingerprint density at radius 1 is 1.00 bits per heavy atom. The number of carbonyl (C=O) groups excluding carboxylic acids is 2. The Hall–Kier alpha value is -2.11. The van der Waals surface area contributed by atoms with Crippen LogP contribution in [0.25, 0.3) is 0 Å². The van der Waals surface area contributed by atoms with Crippen LogP contribution in [0.15, 0.2) is 24.3 Å². The van der Waals surface area contributed by atoms with Gasteiger partial charge in [0.15, 0.2) is 0 Å². The van der Waals surface area contributed by atoms with Crippen molar-refractivity contribution in [2.75, 3.05) is 11.4 Å². The van der Waals surface area contributed by atoms with Crippen LogP contribution < -0.4 is 15.5 Å². The second-order valence-corrected chi connectivity index (χ2v) is 6.69. The molecule has 1 heterocycles. The van der Waals surface area contributed by atoms with E-state index in [0.717, 1.165) is 25.7 Å². The Kier molecular flexibility index (Phi) is 5.33.